The van der Waals surface area contributed by atoms with Gasteiger partial charge in [-0.05, 0) is 35.2 Å². The van der Waals surface area contributed by atoms with Gasteiger partial charge in [-0.2, -0.15) is 0 Å². The Morgan fingerprint density at radius 2 is 1.95 bits per heavy atom. The molecule has 0 spiro atoms. The van der Waals surface area contributed by atoms with Crippen molar-refractivity contribution < 1.29 is 5.11 Å². The first kappa shape index (κ1) is 13.2. The minimum atomic E-state index is -0.464. The van der Waals surface area contributed by atoms with Crippen LogP contribution < -0.4 is 5.32 Å². The second kappa shape index (κ2) is 6.13. The Kier molecular flexibility index (Phi) is 4.06. The molecule has 0 saturated heterocycles. The molecule has 3 nitrogen and oxygen atoms in total. The zero-order valence-corrected chi connectivity index (χ0v) is 11.8. The highest BCUT2D eigenvalue weighted by Crippen LogP contribution is 2.29. The van der Waals surface area contributed by atoms with Crippen LogP contribution in [0.15, 0.2) is 54.9 Å². The molecule has 0 amide bonds. The smallest absolute Gasteiger partial charge is 0.101 e. The van der Waals surface area contributed by atoms with Crippen molar-refractivity contribution in [1.29, 1.82) is 0 Å². The van der Waals surface area contributed by atoms with Gasteiger partial charge in [-0.25, -0.2) is 0 Å². The van der Waals surface area contributed by atoms with E-state index in [9.17, 15) is 5.11 Å². The molecule has 1 aromatic carbocycles. The molecule has 2 N–H and O–H groups in total. The number of hydrogen-bond acceptors (Lipinski definition) is 4. The van der Waals surface area contributed by atoms with E-state index in [1.165, 1.54) is 15.6 Å². The first-order valence-electron chi connectivity index (χ1n) is 6.59. The van der Waals surface area contributed by atoms with Crippen molar-refractivity contribution in [3.05, 3.63) is 65.3 Å². The molecule has 102 valence electrons. The summed E-state index contributed by atoms with van der Waals surface area (Å²) in [4.78, 5) is 4.99. The standard InChI is InChI=1S/C16H16N2OS/c19-14(11-18-10-12-5-7-17-8-6-12)16-9-13-3-1-2-4-15(13)20-16/h1-9,14,18-19H,10-11H2. The van der Waals surface area contributed by atoms with Crippen molar-refractivity contribution in [2.45, 2.75) is 12.6 Å². The van der Waals surface area contributed by atoms with Gasteiger partial charge in [0.25, 0.3) is 0 Å². The summed E-state index contributed by atoms with van der Waals surface area (Å²) in [5.74, 6) is 0. The van der Waals surface area contributed by atoms with Crippen LogP contribution in [-0.2, 0) is 6.54 Å². The van der Waals surface area contributed by atoms with Crippen LogP contribution in [-0.4, -0.2) is 16.6 Å². The number of benzene rings is 1. The van der Waals surface area contributed by atoms with Crippen molar-refractivity contribution in [1.82, 2.24) is 10.3 Å². The van der Waals surface area contributed by atoms with E-state index in [0.29, 0.717) is 6.54 Å². The normalized spacial score (nSPS) is 12.7. The third kappa shape index (κ3) is 3.04. The minimum Gasteiger partial charge on any atom is -0.386 e. The highest BCUT2D eigenvalue weighted by Gasteiger charge is 2.10. The van der Waals surface area contributed by atoms with Crippen molar-refractivity contribution in [2.24, 2.45) is 0 Å². The van der Waals surface area contributed by atoms with Crippen LogP contribution in [0.4, 0.5) is 0 Å². The van der Waals surface area contributed by atoms with E-state index >= 15 is 0 Å². The summed E-state index contributed by atoms with van der Waals surface area (Å²) >= 11 is 1.65. The molecule has 3 rings (SSSR count). The van der Waals surface area contributed by atoms with Crippen LogP contribution >= 0.6 is 11.3 Å². The van der Waals surface area contributed by atoms with Gasteiger partial charge in [0, 0.05) is 35.1 Å². The topological polar surface area (TPSA) is 45.1 Å². The molecule has 2 heterocycles. The Morgan fingerprint density at radius 1 is 1.15 bits per heavy atom. The number of rotatable bonds is 5. The van der Waals surface area contributed by atoms with E-state index in [-0.39, 0.29) is 0 Å². The van der Waals surface area contributed by atoms with E-state index in [1.54, 1.807) is 23.7 Å². The number of hydrogen-bond donors (Lipinski definition) is 2. The average Bonchev–Trinajstić information content (AvgIpc) is 2.92. The summed E-state index contributed by atoms with van der Waals surface area (Å²) in [5, 5.41) is 14.7. The Hall–Kier alpha value is -1.75. The maximum Gasteiger partial charge on any atom is 0.101 e. The molecule has 0 fully saturated rings. The molecule has 1 unspecified atom stereocenters. The number of aliphatic hydroxyl groups is 1. The van der Waals surface area contributed by atoms with Crippen molar-refractivity contribution in [2.75, 3.05) is 6.54 Å². The van der Waals surface area contributed by atoms with Crippen LogP contribution in [0, 0.1) is 0 Å². The van der Waals surface area contributed by atoms with Gasteiger partial charge in [-0.1, -0.05) is 18.2 Å². The molecular weight excluding hydrogens is 268 g/mol. The van der Waals surface area contributed by atoms with Crippen LogP contribution in [0.3, 0.4) is 0 Å². The van der Waals surface area contributed by atoms with Crippen LogP contribution in [0.5, 0.6) is 0 Å². The Balaban J connectivity index is 1.60. The van der Waals surface area contributed by atoms with E-state index in [4.69, 9.17) is 0 Å². The molecule has 1 atom stereocenters. The number of thiophene rings is 1. The minimum absolute atomic E-state index is 0.464. The summed E-state index contributed by atoms with van der Waals surface area (Å²) in [6, 6.07) is 14.2. The highest BCUT2D eigenvalue weighted by atomic mass is 32.1. The zero-order valence-electron chi connectivity index (χ0n) is 11.0. The summed E-state index contributed by atoms with van der Waals surface area (Å²) in [6.45, 7) is 1.29. The van der Waals surface area contributed by atoms with Crippen LogP contribution in [0.2, 0.25) is 0 Å². The van der Waals surface area contributed by atoms with Crippen molar-refractivity contribution >= 4 is 21.4 Å². The van der Waals surface area contributed by atoms with Crippen LogP contribution in [0.1, 0.15) is 16.5 Å². The molecule has 0 bridgehead atoms. The first-order chi connectivity index (χ1) is 9.83. The van der Waals surface area contributed by atoms with Gasteiger partial charge in [0.1, 0.15) is 6.10 Å². The van der Waals surface area contributed by atoms with E-state index in [0.717, 1.165) is 11.4 Å². The summed E-state index contributed by atoms with van der Waals surface area (Å²) in [7, 11) is 0. The third-order valence-corrected chi connectivity index (χ3v) is 4.41. The van der Waals surface area contributed by atoms with Gasteiger partial charge in [0.15, 0.2) is 0 Å². The van der Waals surface area contributed by atoms with E-state index < -0.39 is 6.10 Å². The largest absolute Gasteiger partial charge is 0.386 e. The molecule has 0 aliphatic carbocycles. The van der Waals surface area contributed by atoms with Crippen LogP contribution in [0.25, 0.3) is 10.1 Å². The van der Waals surface area contributed by atoms with E-state index in [2.05, 4.69) is 28.5 Å². The number of nitrogens with one attached hydrogen (secondary N) is 1. The predicted octanol–water partition coefficient (Wildman–Crippen LogP) is 3.12. The van der Waals surface area contributed by atoms with Gasteiger partial charge >= 0.3 is 0 Å². The fraction of sp³-hybridized carbons (Fsp3) is 0.188. The predicted molar refractivity (Wildman–Crippen MR) is 82.7 cm³/mol. The maximum atomic E-state index is 10.2. The Bertz CT molecular complexity index is 648. The lowest BCUT2D eigenvalue weighted by Gasteiger charge is -2.09. The van der Waals surface area contributed by atoms with Gasteiger partial charge in [-0.15, -0.1) is 11.3 Å². The molecule has 0 aliphatic heterocycles. The van der Waals surface area contributed by atoms with Gasteiger partial charge in [-0.3, -0.25) is 4.98 Å². The summed E-state index contributed by atoms with van der Waals surface area (Å²) in [6.07, 6.45) is 3.09. The third-order valence-electron chi connectivity index (χ3n) is 3.19. The fourth-order valence-electron chi connectivity index (χ4n) is 2.12. The fourth-order valence-corrected chi connectivity index (χ4v) is 3.17. The lowest BCUT2D eigenvalue weighted by atomic mass is 10.2. The van der Waals surface area contributed by atoms with Crippen molar-refractivity contribution in [3.8, 4) is 0 Å². The van der Waals surface area contributed by atoms with Gasteiger partial charge in [0.05, 0.1) is 0 Å². The number of pyridine rings is 1. The molecule has 20 heavy (non-hydrogen) atoms. The summed E-state index contributed by atoms with van der Waals surface area (Å²) < 4.78 is 1.22. The summed E-state index contributed by atoms with van der Waals surface area (Å²) in [5.41, 5.74) is 1.17. The average molecular weight is 284 g/mol. The molecule has 0 saturated carbocycles. The molecule has 0 aliphatic rings. The highest BCUT2D eigenvalue weighted by molar-refractivity contribution is 7.19. The first-order valence-corrected chi connectivity index (χ1v) is 7.41. The molecule has 0 radical (unpaired) electrons. The maximum absolute atomic E-state index is 10.2. The molecule has 3 aromatic rings. The quantitative estimate of drug-likeness (QED) is 0.756. The zero-order chi connectivity index (χ0) is 13.8. The number of nitrogens with zero attached hydrogens (tertiary/aromatic N) is 1. The molecule has 4 heteroatoms. The molecule has 2 aromatic heterocycles. The molecular formula is C16H16N2OS. The lowest BCUT2D eigenvalue weighted by molar-refractivity contribution is 0.178. The van der Waals surface area contributed by atoms with E-state index in [1.807, 2.05) is 24.3 Å². The number of fused-ring (bicyclic) bond motifs is 1. The second-order valence-electron chi connectivity index (χ2n) is 4.69. The lowest BCUT2D eigenvalue weighted by Crippen LogP contribution is -2.20. The van der Waals surface area contributed by atoms with Gasteiger partial charge < -0.3 is 10.4 Å². The monoisotopic (exact) mass is 284 g/mol. The van der Waals surface area contributed by atoms with Crippen molar-refractivity contribution in [3.63, 3.8) is 0 Å². The SMILES string of the molecule is OC(CNCc1ccncc1)c1cc2ccccc2s1. The van der Waals surface area contributed by atoms with Gasteiger partial charge in [0.2, 0.25) is 0 Å². The number of aliphatic hydroxyl groups excluding tert-OH is 1. The Morgan fingerprint density at radius 3 is 2.75 bits per heavy atom. The Labute approximate surface area is 121 Å². The second-order valence-corrected chi connectivity index (χ2v) is 5.80. The number of aromatic nitrogens is 1.